The number of amides is 2. The molecule has 0 saturated carbocycles. The van der Waals surface area contributed by atoms with Crippen molar-refractivity contribution in [2.45, 2.75) is 32.6 Å². The summed E-state index contributed by atoms with van der Waals surface area (Å²) in [6.45, 7) is 5.40. The van der Waals surface area contributed by atoms with E-state index >= 15 is 0 Å². The van der Waals surface area contributed by atoms with E-state index in [0.717, 1.165) is 43.0 Å². The van der Waals surface area contributed by atoms with E-state index in [1.807, 2.05) is 42.5 Å². The van der Waals surface area contributed by atoms with Gasteiger partial charge in [-0.1, -0.05) is 0 Å². The fraction of sp³-hybridized carbons (Fsp3) is 0.438. The maximum Gasteiger partial charge on any atom is 0.321 e. The number of carbonyl (C=O) groups excluding carboxylic acids is 1. The number of piperidine rings is 1. The third kappa shape index (κ3) is 3.27. The largest absolute Gasteiger partial charge is 0.324 e. The van der Waals surface area contributed by atoms with Crippen molar-refractivity contribution in [3.63, 3.8) is 0 Å². The number of hydrogen-bond donors (Lipinski definition) is 1. The summed E-state index contributed by atoms with van der Waals surface area (Å²) >= 11 is 1.71. The lowest BCUT2D eigenvalue weighted by molar-refractivity contribution is 0.194. The first kappa shape index (κ1) is 15.0. The minimum absolute atomic E-state index is 0.0358. The van der Waals surface area contributed by atoms with Crippen LogP contribution in [0.4, 0.5) is 10.5 Å². The number of carbonyl (C=O) groups is 1. The Morgan fingerprint density at radius 2 is 2.09 bits per heavy atom. The predicted molar refractivity (Wildman–Crippen MR) is 88.4 cm³/mol. The van der Waals surface area contributed by atoms with Crippen LogP contribution in [0.5, 0.6) is 0 Å². The molecule has 2 aromatic rings. The molecule has 0 spiro atoms. The molecule has 0 aromatic carbocycles. The zero-order chi connectivity index (χ0) is 15.5. The van der Waals surface area contributed by atoms with E-state index in [0.29, 0.717) is 5.92 Å². The molecule has 1 N–H and O–H groups in total. The molecular formula is C16H20N4OS. The van der Waals surface area contributed by atoms with Crippen molar-refractivity contribution >= 4 is 23.1 Å². The summed E-state index contributed by atoms with van der Waals surface area (Å²) in [5.74, 6) is 0.492. The minimum Gasteiger partial charge on any atom is -0.324 e. The lowest BCUT2D eigenvalue weighted by atomic mass is 9.98. The van der Waals surface area contributed by atoms with Crippen LogP contribution in [0, 0.1) is 13.8 Å². The average Bonchev–Trinajstić information content (AvgIpc) is 3.04. The first-order chi connectivity index (χ1) is 10.6. The number of rotatable bonds is 2. The van der Waals surface area contributed by atoms with Crippen molar-refractivity contribution in [1.82, 2.24) is 14.9 Å². The Kier molecular flexibility index (Phi) is 4.38. The molecule has 1 aliphatic heterocycles. The zero-order valence-corrected chi connectivity index (χ0v) is 13.7. The fourth-order valence-electron chi connectivity index (χ4n) is 2.78. The highest BCUT2D eigenvalue weighted by Crippen LogP contribution is 2.29. The van der Waals surface area contributed by atoms with E-state index in [-0.39, 0.29) is 6.03 Å². The van der Waals surface area contributed by atoms with Crippen molar-refractivity contribution in [3.8, 4) is 0 Å². The van der Waals surface area contributed by atoms with Crippen LogP contribution >= 0.6 is 11.3 Å². The minimum atomic E-state index is -0.0358. The van der Waals surface area contributed by atoms with Gasteiger partial charge in [-0.25, -0.2) is 9.78 Å². The van der Waals surface area contributed by atoms with Gasteiger partial charge in [0.1, 0.15) is 0 Å². The quantitative estimate of drug-likeness (QED) is 0.921. The van der Waals surface area contributed by atoms with Crippen molar-refractivity contribution in [3.05, 3.63) is 40.1 Å². The Hall–Kier alpha value is -1.95. The third-order valence-corrected chi connectivity index (χ3v) is 4.99. The number of thiazole rings is 1. The molecule has 0 atom stereocenters. The van der Waals surface area contributed by atoms with Gasteiger partial charge in [0.2, 0.25) is 0 Å². The molecule has 116 valence electrons. The summed E-state index contributed by atoms with van der Waals surface area (Å²) in [6, 6.07) is 3.79. The van der Waals surface area contributed by atoms with Crippen molar-refractivity contribution in [1.29, 1.82) is 0 Å². The van der Waals surface area contributed by atoms with Crippen LogP contribution in [0.1, 0.15) is 35.2 Å². The number of aromatic nitrogens is 2. The van der Waals surface area contributed by atoms with Crippen LogP contribution in [0.15, 0.2) is 23.7 Å². The van der Waals surface area contributed by atoms with Crippen LogP contribution in [-0.4, -0.2) is 34.0 Å². The van der Waals surface area contributed by atoms with Crippen molar-refractivity contribution < 1.29 is 4.79 Å². The van der Waals surface area contributed by atoms with Gasteiger partial charge in [-0.3, -0.25) is 4.98 Å². The van der Waals surface area contributed by atoms with Gasteiger partial charge >= 0.3 is 6.03 Å². The molecule has 5 nitrogen and oxygen atoms in total. The summed E-state index contributed by atoms with van der Waals surface area (Å²) in [5, 5.41) is 6.18. The Morgan fingerprint density at radius 3 is 2.73 bits per heavy atom. The van der Waals surface area contributed by atoms with E-state index < -0.39 is 0 Å². The molecule has 0 unspecified atom stereocenters. The molecule has 3 rings (SSSR count). The standard InChI is InChI=1S/C16H20N4OS/c1-11-3-4-14(12(2)18-11)19-16(21)20-8-5-13(6-9-20)15-17-7-10-22-15/h3-4,7,10,13H,5-6,8-9H2,1-2H3,(H,19,21). The molecule has 3 heterocycles. The number of nitrogens with one attached hydrogen (secondary N) is 1. The van der Waals surface area contributed by atoms with Gasteiger partial charge in [0.15, 0.2) is 0 Å². The number of hydrogen-bond acceptors (Lipinski definition) is 4. The van der Waals surface area contributed by atoms with Gasteiger partial charge in [0.25, 0.3) is 0 Å². The van der Waals surface area contributed by atoms with E-state index in [4.69, 9.17) is 0 Å². The SMILES string of the molecule is Cc1ccc(NC(=O)N2CCC(c3nccs3)CC2)c(C)n1. The van der Waals surface area contributed by atoms with Crippen molar-refractivity contribution in [2.75, 3.05) is 18.4 Å². The molecular weight excluding hydrogens is 296 g/mol. The molecule has 6 heteroatoms. The van der Waals surface area contributed by atoms with Crippen molar-refractivity contribution in [2.24, 2.45) is 0 Å². The number of anilines is 1. The smallest absolute Gasteiger partial charge is 0.321 e. The Labute approximate surface area is 134 Å². The summed E-state index contributed by atoms with van der Waals surface area (Å²) in [4.78, 5) is 23.0. The second-order valence-corrected chi connectivity index (χ2v) is 6.57. The van der Waals surface area contributed by atoms with E-state index in [1.54, 1.807) is 11.3 Å². The first-order valence-electron chi connectivity index (χ1n) is 7.53. The van der Waals surface area contributed by atoms with Gasteiger partial charge in [-0.05, 0) is 38.8 Å². The van der Waals surface area contributed by atoms with Gasteiger partial charge in [-0.2, -0.15) is 0 Å². The van der Waals surface area contributed by atoms with Crippen LogP contribution in [-0.2, 0) is 0 Å². The lowest BCUT2D eigenvalue weighted by Gasteiger charge is -2.31. The second-order valence-electron chi connectivity index (χ2n) is 5.65. The molecule has 1 aliphatic rings. The normalized spacial score (nSPS) is 15.8. The Bertz CT molecular complexity index is 648. The molecule has 2 amide bonds. The first-order valence-corrected chi connectivity index (χ1v) is 8.41. The molecule has 0 aliphatic carbocycles. The maximum atomic E-state index is 12.4. The van der Waals surface area contributed by atoms with Crippen LogP contribution < -0.4 is 5.32 Å². The predicted octanol–water partition coefficient (Wildman–Crippen LogP) is 3.57. The maximum absolute atomic E-state index is 12.4. The summed E-state index contributed by atoms with van der Waals surface area (Å²) in [7, 11) is 0. The van der Waals surface area contributed by atoms with E-state index in [2.05, 4.69) is 15.3 Å². The average molecular weight is 316 g/mol. The zero-order valence-electron chi connectivity index (χ0n) is 12.9. The number of pyridine rings is 1. The van der Waals surface area contributed by atoms with E-state index in [9.17, 15) is 4.79 Å². The highest BCUT2D eigenvalue weighted by atomic mass is 32.1. The highest BCUT2D eigenvalue weighted by molar-refractivity contribution is 7.09. The Morgan fingerprint density at radius 1 is 1.32 bits per heavy atom. The number of likely N-dealkylation sites (tertiary alicyclic amines) is 1. The molecule has 0 radical (unpaired) electrons. The molecule has 0 bridgehead atoms. The molecule has 1 fully saturated rings. The van der Waals surface area contributed by atoms with Crippen LogP contribution in [0.2, 0.25) is 0 Å². The van der Waals surface area contributed by atoms with Crippen LogP contribution in [0.25, 0.3) is 0 Å². The summed E-state index contributed by atoms with van der Waals surface area (Å²) in [6.07, 6.45) is 3.81. The van der Waals surface area contributed by atoms with Gasteiger partial charge in [0, 0.05) is 36.3 Å². The lowest BCUT2D eigenvalue weighted by Crippen LogP contribution is -2.40. The van der Waals surface area contributed by atoms with E-state index in [1.165, 1.54) is 5.01 Å². The third-order valence-electron chi connectivity index (χ3n) is 4.05. The number of urea groups is 1. The van der Waals surface area contributed by atoms with Crippen LogP contribution in [0.3, 0.4) is 0 Å². The topological polar surface area (TPSA) is 58.1 Å². The highest BCUT2D eigenvalue weighted by Gasteiger charge is 2.25. The van der Waals surface area contributed by atoms with Gasteiger partial charge in [-0.15, -0.1) is 11.3 Å². The number of aryl methyl sites for hydroxylation is 2. The van der Waals surface area contributed by atoms with Gasteiger partial charge in [0.05, 0.1) is 16.4 Å². The molecule has 1 saturated heterocycles. The number of nitrogens with zero attached hydrogens (tertiary/aromatic N) is 3. The second kappa shape index (κ2) is 6.44. The monoisotopic (exact) mass is 316 g/mol. The summed E-state index contributed by atoms with van der Waals surface area (Å²) < 4.78 is 0. The summed E-state index contributed by atoms with van der Waals surface area (Å²) in [5.41, 5.74) is 2.60. The molecule has 22 heavy (non-hydrogen) atoms. The van der Waals surface area contributed by atoms with Gasteiger partial charge < -0.3 is 10.2 Å². The Balaban J connectivity index is 1.58. The fourth-order valence-corrected chi connectivity index (χ4v) is 3.59. The molecule has 2 aromatic heterocycles.